The standard InChI is InChI=1S/C10H13NO5/c1-15-7-4-6(12)8(16-2)3-5(7)9(11)10(13)14/h3-4,9,12H,11H2,1-2H3,(H,13,14). The summed E-state index contributed by atoms with van der Waals surface area (Å²) in [7, 11) is 2.72. The summed E-state index contributed by atoms with van der Waals surface area (Å²) in [5.41, 5.74) is 5.71. The first kappa shape index (κ1) is 12.1. The molecule has 16 heavy (non-hydrogen) atoms. The number of phenols is 1. The molecule has 0 aromatic heterocycles. The molecular formula is C10H13NO5. The number of carbonyl (C=O) groups is 1. The van der Waals surface area contributed by atoms with E-state index in [-0.39, 0.29) is 22.8 Å². The summed E-state index contributed by atoms with van der Waals surface area (Å²) < 4.78 is 9.80. The van der Waals surface area contributed by atoms with E-state index < -0.39 is 12.0 Å². The fourth-order valence-corrected chi connectivity index (χ4v) is 1.28. The van der Waals surface area contributed by atoms with Crippen molar-refractivity contribution in [2.24, 2.45) is 5.73 Å². The predicted octanol–water partition coefficient (Wildman–Crippen LogP) is 0.494. The van der Waals surface area contributed by atoms with Crippen molar-refractivity contribution in [3.63, 3.8) is 0 Å². The highest BCUT2D eigenvalue weighted by Gasteiger charge is 2.21. The molecule has 0 aliphatic rings. The Morgan fingerprint density at radius 1 is 1.31 bits per heavy atom. The number of aliphatic carboxylic acids is 1. The summed E-state index contributed by atoms with van der Waals surface area (Å²) in [6.07, 6.45) is 0. The molecular weight excluding hydrogens is 214 g/mol. The molecule has 0 fully saturated rings. The van der Waals surface area contributed by atoms with Gasteiger partial charge in [-0.1, -0.05) is 0 Å². The van der Waals surface area contributed by atoms with Crippen molar-refractivity contribution in [1.29, 1.82) is 0 Å². The van der Waals surface area contributed by atoms with Crippen molar-refractivity contribution < 1.29 is 24.5 Å². The summed E-state index contributed by atoms with van der Waals surface area (Å²) in [6.45, 7) is 0. The smallest absolute Gasteiger partial charge is 0.325 e. The van der Waals surface area contributed by atoms with Crippen LogP contribution in [0.2, 0.25) is 0 Å². The first-order valence-electron chi connectivity index (χ1n) is 4.44. The number of aromatic hydroxyl groups is 1. The molecule has 1 rings (SSSR count). The number of methoxy groups -OCH3 is 2. The van der Waals surface area contributed by atoms with E-state index in [9.17, 15) is 9.90 Å². The third-order valence-electron chi connectivity index (χ3n) is 2.13. The summed E-state index contributed by atoms with van der Waals surface area (Å²) in [4.78, 5) is 10.8. The second kappa shape index (κ2) is 4.71. The largest absolute Gasteiger partial charge is 0.504 e. The van der Waals surface area contributed by atoms with Crippen LogP contribution in [0.5, 0.6) is 17.2 Å². The van der Waals surface area contributed by atoms with Crippen molar-refractivity contribution >= 4 is 5.97 Å². The molecule has 0 radical (unpaired) electrons. The Morgan fingerprint density at radius 2 is 1.88 bits per heavy atom. The van der Waals surface area contributed by atoms with E-state index in [4.69, 9.17) is 20.3 Å². The minimum atomic E-state index is -1.23. The average Bonchev–Trinajstić information content (AvgIpc) is 2.27. The molecule has 1 aromatic carbocycles. The lowest BCUT2D eigenvalue weighted by atomic mass is 10.1. The van der Waals surface area contributed by atoms with Gasteiger partial charge in [-0.25, -0.2) is 0 Å². The molecule has 0 heterocycles. The molecule has 0 saturated carbocycles. The molecule has 1 aromatic rings. The molecule has 0 aliphatic heterocycles. The Morgan fingerprint density at radius 3 is 2.31 bits per heavy atom. The van der Waals surface area contributed by atoms with Crippen LogP contribution in [0.15, 0.2) is 12.1 Å². The van der Waals surface area contributed by atoms with E-state index in [0.717, 1.165) is 0 Å². The molecule has 0 spiro atoms. The van der Waals surface area contributed by atoms with Crippen LogP contribution < -0.4 is 15.2 Å². The normalized spacial score (nSPS) is 11.9. The quantitative estimate of drug-likeness (QED) is 0.692. The van der Waals surface area contributed by atoms with Crippen molar-refractivity contribution in [1.82, 2.24) is 0 Å². The highest BCUT2D eigenvalue weighted by molar-refractivity contribution is 5.77. The van der Waals surface area contributed by atoms with Gasteiger partial charge in [0.2, 0.25) is 0 Å². The zero-order valence-corrected chi connectivity index (χ0v) is 8.93. The number of carboxylic acids is 1. The van der Waals surface area contributed by atoms with Crippen molar-refractivity contribution in [2.75, 3.05) is 14.2 Å². The van der Waals surface area contributed by atoms with E-state index in [1.165, 1.54) is 26.4 Å². The molecule has 88 valence electrons. The van der Waals surface area contributed by atoms with Crippen LogP contribution in [0.4, 0.5) is 0 Å². The summed E-state index contributed by atoms with van der Waals surface area (Å²) in [6, 6.07) is 1.37. The average molecular weight is 227 g/mol. The lowest BCUT2D eigenvalue weighted by molar-refractivity contribution is -0.138. The first-order chi connectivity index (χ1) is 7.51. The molecule has 4 N–H and O–H groups in total. The van der Waals surface area contributed by atoms with Gasteiger partial charge in [-0.15, -0.1) is 0 Å². The van der Waals surface area contributed by atoms with E-state index in [2.05, 4.69) is 0 Å². The number of carboxylic acid groups (broad SMARTS) is 1. The lowest BCUT2D eigenvalue weighted by Gasteiger charge is -2.14. The second-order valence-electron chi connectivity index (χ2n) is 3.08. The van der Waals surface area contributed by atoms with Gasteiger partial charge < -0.3 is 25.4 Å². The lowest BCUT2D eigenvalue weighted by Crippen LogP contribution is -2.21. The molecule has 0 amide bonds. The highest BCUT2D eigenvalue weighted by atomic mass is 16.5. The molecule has 0 aliphatic carbocycles. The topological polar surface area (TPSA) is 102 Å². The minimum Gasteiger partial charge on any atom is -0.504 e. The van der Waals surface area contributed by atoms with Gasteiger partial charge in [0.05, 0.1) is 14.2 Å². The van der Waals surface area contributed by atoms with Crippen LogP contribution in [0, 0.1) is 0 Å². The van der Waals surface area contributed by atoms with Crippen LogP contribution in [-0.4, -0.2) is 30.4 Å². The van der Waals surface area contributed by atoms with E-state index >= 15 is 0 Å². The molecule has 0 saturated heterocycles. The van der Waals surface area contributed by atoms with Gasteiger partial charge in [0.1, 0.15) is 11.8 Å². The van der Waals surface area contributed by atoms with Gasteiger partial charge >= 0.3 is 5.97 Å². The van der Waals surface area contributed by atoms with Crippen LogP contribution >= 0.6 is 0 Å². The number of nitrogens with two attached hydrogens (primary N) is 1. The third-order valence-corrected chi connectivity index (χ3v) is 2.13. The SMILES string of the molecule is COc1cc(C(N)C(=O)O)c(OC)cc1O. The van der Waals surface area contributed by atoms with Crippen LogP contribution in [-0.2, 0) is 4.79 Å². The Kier molecular flexibility index (Phi) is 3.57. The Bertz CT molecular complexity index is 404. The summed E-state index contributed by atoms with van der Waals surface area (Å²) >= 11 is 0. The van der Waals surface area contributed by atoms with Gasteiger partial charge in [0.15, 0.2) is 11.5 Å². The molecule has 1 atom stereocenters. The van der Waals surface area contributed by atoms with E-state index in [0.29, 0.717) is 0 Å². The first-order valence-corrected chi connectivity index (χ1v) is 4.44. The number of ether oxygens (including phenoxy) is 2. The van der Waals surface area contributed by atoms with Crippen LogP contribution in [0.1, 0.15) is 11.6 Å². The van der Waals surface area contributed by atoms with Gasteiger partial charge in [-0.05, 0) is 6.07 Å². The fraction of sp³-hybridized carbons (Fsp3) is 0.300. The van der Waals surface area contributed by atoms with Crippen LogP contribution in [0.3, 0.4) is 0 Å². The zero-order chi connectivity index (χ0) is 12.3. The molecule has 6 nitrogen and oxygen atoms in total. The van der Waals surface area contributed by atoms with Crippen LogP contribution in [0.25, 0.3) is 0 Å². The Labute approximate surface area is 92.2 Å². The Hall–Kier alpha value is -1.95. The predicted molar refractivity (Wildman–Crippen MR) is 55.8 cm³/mol. The van der Waals surface area contributed by atoms with Gasteiger partial charge in [-0.2, -0.15) is 0 Å². The van der Waals surface area contributed by atoms with E-state index in [1.807, 2.05) is 0 Å². The van der Waals surface area contributed by atoms with E-state index in [1.54, 1.807) is 0 Å². The molecule has 6 heteroatoms. The second-order valence-corrected chi connectivity index (χ2v) is 3.08. The highest BCUT2D eigenvalue weighted by Crippen LogP contribution is 2.36. The van der Waals surface area contributed by atoms with Gasteiger partial charge in [0.25, 0.3) is 0 Å². The molecule has 1 unspecified atom stereocenters. The summed E-state index contributed by atoms with van der Waals surface area (Å²) in [5, 5.41) is 18.3. The van der Waals surface area contributed by atoms with Crippen molar-refractivity contribution in [2.45, 2.75) is 6.04 Å². The fourth-order valence-electron chi connectivity index (χ4n) is 1.28. The number of hydrogen-bond donors (Lipinski definition) is 3. The third kappa shape index (κ3) is 2.17. The van der Waals surface area contributed by atoms with Crippen molar-refractivity contribution in [3.05, 3.63) is 17.7 Å². The van der Waals surface area contributed by atoms with Crippen molar-refractivity contribution in [3.8, 4) is 17.2 Å². The maximum atomic E-state index is 10.8. The number of rotatable bonds is 4. The number of hydrogen-bond acceptors (Lipinski definition) is 5. The number of phenolic OH excluding ortho intramolecular Hbond substituents is 1. The Balaban J connectivity index is 3.29. The number of benzene rings is 1. The van der Waals surface area contributed by atoms with Gasteiger partial charge in [0, 0.05) is 11.6 Å². The monoisotopic (exact) mass is 227 g/mol. The zero-order valence-electron chi connectivity index (χ0n) is 8.93. The maximum Gasteiger partial charge on any atom is 0.325 e. The van der Waals surface area contributed by atoms with Gasteiger partial charge in [-0.3, -0.25) is 4.79 Å². The maximum absolute atomic E-state index is 10.8. The summed E-state index contributed by atoms with van der Waals surface area (Å²) in [5.74, 6) is -0.979. The minimum absolute atomic E-state index is 0.138. The molecule has 0 bridgehead atoms.